The van der Waals surface area contributed by atoms with Gasteiger partial charge in [-0.2, -0.15) is 5.10 Å². The number of nitrogens with one attached hydrogen (secondary N) is 1. The van der Waals surface area contributed by atoms with E-state index < -0.39 is 0 Å². The van der Waals surface area contributed by atoms with Gasteiger partial charge in [0.15, 0.2) is 5.69 Å². The third-order valence-electron chi connectivity index (χ3n) is 3.06. The van der Waals surface area contributed by atoms with Gasteiger partial charge in [-0.3, -0.25) is 9.48 Å². The van der Waals surface area contributed by atoms with E-state index in [2.05, 4.69) is 10.4 Å². The Balaban J connectivity index is 2.44. The average Bonchev–Trinajstić information content (AvgIpc) is 2.45. The molecule has 0 saturated heterocycles. The summed E-state index contributed by atoms with van der Waals surface area (Å²) in [6.07, 6.45) is 5.67. The highest BCUT2D eigenvalue weighted by Crippen LogP contribution is 2.23. The number of carbonyl (C=O) groups is 1. The van der Waals surface area contributed by atoms with Gasteiger partial charge in [0.25, 0.3) is 5.91 Å². The fourth-order valence-corrected chi connectivity index (χ4v) is 2.25. The standard InChI is InChI=1S/C11H17N3O/c1-12-11(15)10-8-6-4-3-5-7-9(8)14(2)13-10/h3-7H2,1-2H3,(H,12,15). The zero-order valence-corrected chi connectivity index (χ0v) is 9.34. The van der Waals surface area contributed by atoms with Crippen molar-refractivity contribution in [2.45, 2.75) is 32.1 Å². The van der Waals surface area contributed by atoms with Gasteiger partial charge in [-0.1, -0.05) is 6.42 Å². The van der Waals surface area contributed by atoms with E-state index >= 15 is 0 Å². The molecule has 0 saturated carbocycles. The summed E-state index contributed by atoms with van der Waals surface area (Å²) in [7, 11) is 3.58. The molecule has 0 aliphatic heterocycles. The van der Waals surface area contributed by atoms with E-state index in [4.69, 9.17) is 0 Å². The van der Waals surface area contributed by atoms with Crippen LogP contribution in [0.4, 0.5) is 0 Å². The number of nitrogens with zero attached hydrogens (tertiary/aromatic N) is 2. The lowest BCUT2D eigenvalue weighted by Crippen LogP contribution is -2.20. The number of amides is 1. The SMILES string of the molecule is CNC(=O)c1nn(C)c2c1CCCCC2. The largest absolute Gasteiger partial charge is 0.354 e. The van der Waals surface area contributed by atoms with Gasteiger partial charge in [0.2, 0.25) is 0 Å². The summed E-state index contributed by atoms with van der Waals surface area (Å²) in [6.45, 7) is 0. The number of hydrogen-bond donors (Lipinski definition) is 1. The molecule has 82 valence electrons. The van der Waals surface area contributed by atoms with E-state index in [0.717, 1.165) is 18.4 Å². The van der Waals surface area contributed by atoms with E-state index in [1.807, 2.05) is 11.7 Å². The second-order valence-corrected chi connectivity index (χ2v) is 4.04. The van der Waals surface area contributed by atoms with Crippen LogP contribution in [-0.4, -0.2) is 22.7 Å². The quantitative estimate of drug-likeness (QED) is 0.700. The minimum atomic E-state index is -0.0613. The number of carbonyl (C=O) groups excluding carboxylic acids is 1. The second-order valence-electron chi connectivity index (χ2n) is 4.04. The van der Waals surface area contributed by atoms with Gasteiger partial charge in [-0.15, -0.1) is 0 Å². The Morgan fingerprint density at radius 3 is 2.80 bits per heavy atom. The maximum absolute atomic E-state index is 11.6. The van der Waals surface area contributed by atoms with Crippen molar-refractivity contribution in [3.63, 3.8) is 0 Å². The van der Waals surface area contributed by atoms with Crippen molar-refractivity contribution in [2.24, 2.45) is 7.05 Å². The Kier molecular flexibility index (Phi) is 2.75. The predicted octanol–water partition coefficient (Wildman–Crippen LogP) is 1.05. The smallest absolute Gasteiger partial charge is 0.271 e. The normalized spacial score (nSPS) is 15.6. The van der Waals surface area contributed by atoms with Crippen LogP contribution >= 0.6 is 0 Å². The molecule has 0 atom stereocenters. The summed E-state index contributed by atoms with van der Waals surface area (Å²) in [5.74, 6) is -0.0613. The highest BCUT2D eigenvalue weighted by atomic mass is 16.1. The Morgan fingerprint density at radius 1 is 1.33 bits per heavy atom. The van der Waals surface area contributed by atoms with Gasteiger partial charge in [-0.25, -0.2) is 0 Å². The Bertz CT molecular complexity index is 381. The number of aryl methyl sites for hydroxylation is 1. The fraction of sp³-hybridized carbons (Fsp3) is 0.636. The lowest BCUT2D eigenvalue weighted by Gasteiger charge is -2.00. The lowest BCUT2D eigenvalue weighted by atomic mass is 10.1. The first-order chi connectivity index (χ1) is 7.24. The first-order valence-electron chi connectivity index (χ1n) is 5.51. The molecule has 1 aromatic rings. The van der Waals surface area contributed by atoms with E-state index in [1.54, 1.807) is 7.05 Å². The Morgan fingerprint density at radius 2 is 2.07 bits per heavy atom. The van der Waals surface area contributed by atoms with Gasteiger partial charge in [0, 0.05) is 25.4 Å². The van der Waals surface area contributed by atoms with Gasteiger partial charge in [0.1, 0.15) is 0 Å². The van der Waals surface area contributed by atoms with Crippen LogP contribution in [0, 0.1) is 0 Å². The summed E-state index contributed by atoms with van der Waals surface area (Å²) >= 11 is 0. The highest BCUT2D eigenvalue weighted by molar-refractivity contribution is 5.93. The maximum atomic E-state index is 11.6. The molecule has 1 aliphatic carbocycles. The number of hydrogen-bond acceptors (Lipinski definition) is 2. The Hall–Kier alpha value is -1.32. The van der Waals surface area contributed by atoms with E-state index in [-0.39, 0.29) is 5.91 Å². The first-order valence-corrected chi connectivity index (χ1v) is 5.51. The van der Waals surface area contributed by atoms with E-state index in [1.165, 1.54) is 25.0 Å². The fourth-order valence-electron chi connectivity index (χ4n) is 2.25. The van der Waals surface area contributed by atoms with Gasteiger partial charge in [0.05, 0.1) is 0 Å². The molecular weight excluding hydrogens is 190 g/mol. The molecule has 4 nitrogen and oxygen atoms in total. The van der Waals surface area contributed by atoms with Crippen LogP contribution in [-0.2, 0) is 19.9 Å². The molecule has 1 heterocycles. The summed E-state index contributed by atoms with van der Waals surface area (Å²) in [5.41, 5.74) is 3.03. The molecule has 15 heavy (non-hydrogen) atoms. The van der Waals surface area contributed by atoms with Crippen LogP contribution in [0.25, 0.3) is 0 Å². The van der Waals surface area contributed by atoms with Crippen molar-refractivity contribution >= 4 is 5.91 Å². The molecule has 0 unspecified atom stereocenters. The van der Waals surface area contributed by atoms with Gasteiger partial charge >= 0.3 is 0 Å². The van der Waals surface area contributed by atoms with Gasteiger partial charge in [-0.05, 0) is 25.7 Å². The second kappa shape index (κ2) is 4.04. The summed E-state index contributed by atoms with van der Waals surface area (Å²) < 4.78 is 1.87. The Labute approximate surface area is 89.7 Å². The molecule has 4 heteroatoms. The molecule has 1 aliphatic rings. The van der Waals surface area contributed by atoms with Crippen LogP contribution in [0.1, 0.15) is 41.0 Å². The molecule has 0 fully saturated rings. The first kappa shape index (κ1) is 10.2. The van der Waals surface area contributed by atoms with Crippen molar-refractivity contribution in [2.75, 3.05) is 7.05 Å². The summed E-state index contributed by atoms with van der Waals surface area (Å²) in [4.78, 5) is 11.6. The van der Waals surface area contributed by atoms with E-state index in [9.17, 15) is 4.79 Å². The molecule has 0 radical (unpaired) electrons. The molecule has 1 aromatic heterocycles. The number of aromatic nitrogens is 2. The van der Waals surface area contributed by atoms with Crippen molar-refractivity contribution in [3.05, 3.63) is 17.0 Å². The molecular formula is C11H17N3O. The minimum absolute atomic E-state index is 0.0613. The lowest BCUT2D eigenvalue weighted by molar-refractivity contribution is 0.0956. The van der Waals surface area contributed by atoms with Crippen molar-refractivity contribution in [1.29, 1.82) is 0 Å². The summed E-state index contributed by atoms with van der Waals surface area (Å²) in [6, 6.07) is 0. The monoisotopic (exact) mass is 207 g/mol. The van der Waals surface area contributed by atoms with E-state index in [0.29, 0.717) is 5.69 Å². The highest BCUT2D eigenvalue weighted by Gasteiger charge is 2.21. The zero-order valence-electron chi connectivity index (χ0n) is 9.34. The third-order valence-corrected chi connectivity index (χ3v) is 3.06. The van der Waals surface area contributed by atoms with Crippen molar-refractivity contribution < 1.29 is 4.79 Å². The predicted molar refractivity (Wildman–Crippen MR) is 57.9 cm³/mol. The summed E-state index contributed by atoms with van der Waals surface area (Å²) in [5, 5.41) is 6.96. The molecule has 1 amide bonds. The minimum Gasteiger partial charge on any atom is -0.354 e. The number of rotatable bonds is 1. The molecule has 0 spiro atoms. The van der Waals surface area contributed by atoms with Crippen molar-refractivity contribution in [3.8, 4) is 0 Å². The van der Waals surface area contributed by atoms with Crippen LogP contribution < -0.4 is 5.32 Å². The average molecular weight is 207 g/mol. The topological polar surface area (TPSA) is 46.9 Å². The van der Waals surface area contributed by atoms with Gasteiger partial charge < -0.3 is 5.32 Å². The van der Waals surface area contributed by atoms with Crippen LogP contribution in [0.2, 0.25) is 0 Å². The molecule has 2 rings (SSSR count). The zero-order chi connectivity index (χ0) is 10.8. The van der Waals surface area contributed by atoms with Crippen LogP contribution in [0.5, 0.6) is 0 Å². The molecule has 0 bridgehead atoms. The van der Waals surface area contributed by atoms with Crippen LogP contribution in [0.15, 0.2) is 0 Å². The third kappa shape index (κ3) is 1.76. The number of fused-ring (bicyclic) bond motifs is 1. The van der Waals surface area contributed by atoms with Crippen molar-refractivity contribution in [1.82, 2.24) is 15.1 Å². The molecule has 1 N–H and O–H groups in total. The molecule has 0 aromatic carbocycles. The maximum Gasteiger partial charge on any atom is 0.271 e. The van der Waals surface area contributed by atoms with Crippen LogP contribution in [0.3, 0.4) is 0 Å².